The molecule has 1 amide bonds. The third-order valence-electron chi connectivity index (χ3n) is 4.17. The van der Waals surface area contributed by atoms with Gasteiger partial charge in [-0.05, 0) is 26.0 Å². The summed E-state index contributed by atoms with van der Waals surface area (Å²) < 4.78 is 5.12. The smallest absolute Gasteiger partial charge is 0.227 e. The van der Waals surface area contributed by atoms with E-state index in [0.29, 0.717) is 6.42 Å². The number of nitrogens with zero attached hydrogens (tertiary/aromatic N) is 4. The predicted molar refractivity (Wildman–Crippen MR) is 82.7 cm³/mol. The molecule has 0 spiro atoms. The van der Waals surface area contributed by atoms with Gasteiger partial charge in [0.25, 0.3) is 0 Å². The zero-order valence-corrected chi connectivity index (χ0v) is 13.0. The average molecular weight is 300 g/mol. The largest absolute Gasteiger partial charge is 0.368 e. The molecule has 3 heterocycles. The van der Waals surface area contributed by atoms with E-state index in [1.807, 2.05) is 30.9 Å². The van der Waals surface area contributed by atoms with Crippen LogP contribution in [0.4, 0.5) is 5.69 Å². The Morgan fingerprint density at radius 1 is 1.18 bits per heavy atom. The van der Waals surface area contributed by atoms with Crippen LogP contribution in [0.5, 0.6) is 0 Å². The number of piperazine rings is 1. The highest BCUT2D eigenvalue weighted by molar-refractivity contribution is 5.79. The Morgan fingerprint density at radius 3 is 2.45 bits per heavy atom. The number of hydrogen-bond acceptors (Lipinski definition) is 5. The first-order chi connectivity index (χ1) is 10.6. The topological polar surface area (TPSA) is 62.5 Å². The van der Waals surface area contributed by atoms with Gasteiger partial charge in [0, 0.05) is 49.8 Å². The first-order valence-corrected chi connectivity index (χ1v) is 7.49. The number of carbonyl (C=O) groups is 1. The Morgan fingerprint density at radius 2 is 1.86 bits per heavy atom. The van der Waals surface area contributed by atoms with Crippen molar-refractivity contribution in [3.8, 4) is 0 Å². The van der Waals surface area contributed by atoms with E-state index in [1.165, 1.54) is 0 Å². The predicted octanol–water partition coefficient (Wildman–Crippen LogP) is 1.58. The lowest BCUT2D eigenvalue weighted by Gasteiger charge is -2.36. The highest BCUT2D eigenvalue weighted by atomic mass is 16.5. The van der Waals surface area contributed by atoms with Gasteiger partial charge < -0.3 is 14.3 Å². The fourth-order valence-corrected chi connectivity index (χ4v) is 2.79. The summed E-state index contributed by atoms with van der Waals surface area (Å²) in [5, 5.41) is 3.91. The molecule has 0 N–H and O–H groups in total. The zero-order chi connectivity index (χ0) is 15.5. The molecule has 1 aliphatic rings. The lowest BCUT2D eigenvalue weighted by molar-refractivity contribution is -0.130. The van der Waals surface area contributed by atoms with E-state index in [1.54, 1.807) is 12.4 Å². The molecule has 0 radical (unpaired) electrons. The van der Waals surface area contributed by atoms with Crippen molar-refractivity contribution in [2.45, 2.75) is 20.3 Å². The van der Waals surface area contributed by atoms with Gasteiger partial charge in [-0.3, -0.25) is 9.78 Å². The van der Waals surface area contributed by atoms with Crippen molar-refractivity contribution in [1.29, 1.82) is 0 Å². The van der Waals surface area contributed by atoms with Crippen LogP contribution in [-0.4, -0.2) is 47.1 Å². The maximum atomic E-state index is 12.4. The number of hydrogen-bond donors (Lipinski definition) is 0. The van der Waals surface area contributed by atoms with E-state index >= 15 is 0 Å². The number of carbonyl (C=O) groups excluding carboxylic acids is 1. The van der Waals surface area contributed by atoms with Crippen molar-refractivity contribution in [3.05, 3.63) is 41.5 Å². The molecule has 0 bridgehead atoms. The van der Waals surface area contributed by atoms with Crippen LogP contribution < -0.4 is 4.90 Å². The molecule has 6 heteroatoms. The van der Waals surface area contributed by atoms with Crippen molar-refractivity contribution >= 4 is 11.6 Å². The number of aryl methyl sites for hydroxylation is 2. The highest BCUT2D eigenvalue weighted by Crippen LogP contribution is 2.17. The van der Waals surface area contributed by atoms with Gasteiger partial charge in [0.2, 0.25) is 5.91 Å². The summed E-state index contributed by atoms with van der Waals surface area (Å²) in [7, 11) is 0. The van der Waals surface area contributed by atoms with Crippen LogP contribution >= 0.6 is 0 Å². The van der Waals surface area contributed by atoms with Crippen molar-refractivity contribution in [3.63, 3.8) is 0 Å². The van der Waals surface area contributed by atoms with Gasteiger partial charge >= 0.3 is 0 Å². The average Bonchev–Trinajstić information content (AvgIpc) is 2.88. The third-order valence-corrected chi connectivity index (χ3v) is 4.17. The van der Waals surface area contributed by atoms with E-state index in [0.717, 1.165) is 48.9 Å². The van der Waals surface area contributed by atoms with Crippen molar-refractivity contribution < 1.29 is 9.32 Å². The molecule has 116 valence electrons. The van der Waals surface area contributed by atoms with Crippen LogP contribution in [0.2, 0.25) is 0 Å². The molecular formula is C16H20N4O2. The molecule has 6 nitrogen and oxygen atoms in total. The van der Waals surface area contributed by atoms with E-state index < -0.39 is 0 Å². The van der Waals surface area contributed by atoms with Crippen LogP contribution in [0.1, 0.15) is 17.0 Å². The van der Waals surface area contributed by atoms with Gasteiger partial charge in [0.1, 0.15) is 5.76 Å². The van der Waals surface area contributed by atoms with E-state index in [9.17, 15) is 4.79 Å². The molecule has 0 aromatic carbocycles. The van der Waals surface area contributed by atoms with Gasteiger partial charge in [0.15, 0.2) is 0 Å². The Balaban J connectivity index is 1.58. The summed E-state index contributed by atoms with van der Waals surface area (Å²) in [6.45, 7) is 6.90. The number of rotatable bonds is 3. The molecule has 1 saturated heterocycles. The molecule has 1 aliphatic heterocycles. The SMILES string of the molecule is Cc1noc(C)c1CC(=O)N1CCN(c2ccncc2)CC1. The Labute approximate surface area is 129 Å². The summed E-state index contributed by atoms with van der Waals surface area (Å²) in [6.07, 6.45) is 3.96. The highest BCUT2D eigenvalue weighted by Gasteiger charge is 2.23. The second kappa shape index (κ2) is 6.17. The number of amides is 1. The number of pyridine rings is 1. The van der Waals surface area contributed by atoms with E-state index in [2.05, 4.69) is 15.0 Å². The first kappa shape index (κ1) is 14.6. The molecule has 0 aliphatic carbocycles. The van der Waals surface area contributed by atoms with Gasteiger partial charge in [-0.25, -0.2) is 0 Å². The van der Waals surface area contributed by atoms with Crippen LogP contribution in [0.25, 0.3) is 0 Å². The van der Waals surface area contributed by atoms with Crippen molar-refractivity contribution in [2.24, 2.45) is 0 Å². The minimum Gasteiger partial charge on any atom is -0.368 e. The fraction of sp³-hybridized carbons (Fsp3) is 0.438. The molecule has 0 atom stereocenters. The number of aromatic nitrogens is 2. The van der Waals surface area contributed by atoms with Gasteiger partial charge in [-0.15, -0.1) is 0 Å². The summed E-state index contributed by atoms with van der Waals surface area (Å²) in [5.74, 6) is 0.880. The molecular weight excluding hydrogens is 280 g/mol. The van der Waals surface area contributed by atoms with Crippen molar-refractivity contribution in [1.82, 2.24) is 15.0 Å². The lowest BCUT2D eigenvalue weighted by Crippen LogP contribution is -2.49. The maximum absolute atomic E-state index is 12.4. The molecule has 2 aromatic rings. The monoisotopic (exact) mass is 300 g/mol. The summed E-state index contributed by atoms with van der Waals surface area (Å²) in [5.41, 5.74) is 2.88. The van der Waals surface area contributed by atoms with Crippen LogP contribution in [0.15, 0.2) is 29.0 Å². The Bertz CT molecular complexity index is 626. The molecule has 0 unspecified atom stereocenters. The second-order valence-electron chi connectivity index (χ2n) is 5.55. The quantitative estimate of drug-likeness (QED) is 0.861. The van der Waals surface area contributed by atoms with Gasteiger partial charge in [-0.1, -0.05) is 5.16 Å². The minimum atomic E-state index is 0.142. The zero-order valence-electron chi connectivity index (χ0n) is 13.0. The van der Waals surface area contributed by atoms with E-state index in [4.69, 9.17) is 4.52 Å². The first-order valence-electron chi connectivity index (χ1n) is 7.49. The summed E-state index contributed by atoms with van der Waals surface area (Å²) in [4.78, 5) is 20.7. The normalized spacial score (nSPS) is 15.2. The third kappa shape index (κ3) is 2.95. The van der Waals surface area contributed by atoms with E-state index in [-0.39, 0.29) is 5.91 Å². The lowest BCUT2D eigenvalue weighted by atomic mass is 10.1. The van der Waals surface area contributed by atoms with Gasteiger partial charge in [0.05, 0.1) is 12.1 Å². The summed E-state index contributed by atoms with van der Waals surface area (Å²) in [6, 6.07) is 4.00. The minimum absolute atomic E-state index is 0.142. The molecule has 2 aromatic heterocycles. The second-order valence-corrected chi connectivity index (χ2v) is 5.55. The molecule has 3 rings (SSSR count). The molecule has 22 heavy (non-hydrogen) atoms. The summed E-state index contributed by atoms with van der Waals surface area (Å²) >= 11 is 0. The molecule has 0 saturated carbocycles. The fourth-order valence-electron chi connectivity index (χ4n) is 2.79. The van der Waals surface area contributed by atoms with Crippen molar-refractivity contribution in [2.75, 3.05) is 31.1 Å². The van der Waals surface area contributed by atoms with Crippen LogP contribution in [-0.2, 0) is 11.2 Å². The number of anilines is 1. The van der Waals surface area contributed by atoms with Crippen LogP contribution in [0, 0.1) is 13.8 Å². The Kier molecular flexibility index (Phi) is 4.09. The maximum Gasteiger partial charge on any atom is 0.227 e. The Hall–Kier alpha value is -2.37. The van der Waals surface area contributed by atoms with Crippen LogP contribution in [0.3, 0.4) is 0 Å². The molecule has 1 fully saturated rings. The standard InChI is InChI=1S/C16H20N4O2/c1-12-15(13(2)22-18-12)11-16(21)20-9-7-19(8-10-20)14-3-5-17-6-4-14/h3-6H,7-11H2,1-2H3. The van der Waals surface area contributed by atoms with Gasteiger partial charge in [-0.2, -0.15) is 0 Å².